The highest BCUT2D eigenvalue weighted by atomic mass is 16.5. The average Bonchev–Trinajstić information content (AvgIpc) is 3.27. The lowest BCUT2D eigenvalue weighted by molar-refractivity contribution is 0.176. The molecule has 0 saturated heterocycles. The van der Waals surface area contributed by atoms with Crippen LogP contribution >= 0.6 is 0 Å². The fraction of sp³-hybridized carbons (Fsp3) is 0.231. The molecular formula is C52H56N2O4. The van der Waals surface area contributed by atoms with Gasteiger partial charge in [0.2, 0.25) is 0 Å². The van der Waals surface area contributed by atoms with Crippen molar-refractivity contribution in [2.75, 3.05) is 26.4 Å². The molecule has 0 aliphatic carbocycles. The molecule has 0 fully saturated rings. The first-order valence-corrected chi connectivity index (χ1v) is 20.2. The molecule has 0 aliphatic rings. The summed E-state index contributed by atoms with van der Waals surface area (Å²) in [4.78, 5) is 4.93. The molecule has 0 amide bonds. The van der Waals surface area contributed by atoms with Gasteiger partial charge >= 0.3 is 0 Å². The van der Waals surface area contributed by atoms with E-state index in [4.69, 9.17) is 18.9 Å². The van der Waals surface area contributed by atoms with Gasteiger partial charge in [0.05, 0.1) is 0 Å². The highest BCUT2D eigenvalue weighted by molar-refractivity contribution is 5.38. The summed E-state index contributed by atoms with van der Waals surface area (Å²) >= 11 is 0. The van der Waals surface area contributed by atoms with E-state index in [9.17, 15) is 0 Å². The van der Waals surface area contributed by atoms with Gasteiger partial charge in [0.15, 0.2) is 0 Å². The van der Waals surface area contributed by atoms with E-state index in [0.717, 1.165) is 45.3 Å². The standard InChI is InChI=1S/C52H56N2O4/c1-5-33-55-49-29-17-13-25-45(49)37-53(41(3)43-21-9-7-10-22-43)39-47-27-15-19-31-51(47)57-35-36-58-52-32-20-16-28-48(52)40-54(42(4)44-23-11-8-12-24-44)38-46-26-14-18-30-50(46)56-34-6-2/h5-32,41-42H,1-2,33-40H2,3-4H3/t41-,42-/m1/s1. The van der Waals surface area contributed by atoms with Gasteiger partial charge in [-0.25, -0.2) is 0 Å². The van der Waals surface area contributed by atoms with E-state index in [1.807, 2.05) is 36.4 Å². The van der Waals surface area contributed by atoms with Crippen molar-refractivity contribution >= 4 is 0 Å². The number of nitrogens with zero attached hydrogens (tertiary/aromatic N) is 2. The molecular weight excluding hydrogens is 717 g/mol. The third-order valence-corrected chi connectivity index (χ3v) is 10.4. The molecule has 0 N–H and O–H groups in total. The molecule has 6 nitrogen and oxygen atoms in total. The number of rotatable bonds is 23. The molecule has 58 heavy (non-hydrogen) atoms. The first-order chi connectivity index (χ1) is 28.5. The van der Waals surface area contributed by atoms with Crippen LogP contribution in [0.4, 0.5) is 0 Å². The molecule has 0 unspecified atom stereocenters. The monoisotopic (exact) mass is 772 g/mol. The number of para-hydroxylation sites is 4. The molecule has 0 spiro atoms. The van der Waals surface area contributed by atoms with E-state index in [1.54, 1.807) is 12.2 Å². The Kier molecular flexibility index (Phi) is 15.8. The minimum atomic E-state index is 0.138. The third kappa shape index (κ3) is 11.7. The fourth-order valence-electron chi connectivity index (χ4n) is 7.12. The Bertz CT molecular complexity index is 2000. The lowest BCUT2D eigenvalue weighted by atomic mass is 10.0. The van der Waals surface area contributed by atoms with E-state index < -0.39 is 0 Å². The van der Waals surface area contributed by atoms with Crippen molar-refractivity contribution in [3.8, 4) is 23.0 Å². The zero-order valence-electron chi connectivity index (χ0n) is 33.9. The predicted octanol–water partition coefficient (Wildman–Crippen LogP) is 11.8. The van der Waals surface area contributed by atoms with Crippen molar-refractivity contribution in [2.45, 2.75) is 52.1 Å². The Labute approximate surface area is 345 Å². The lowest BCUT2D eigenvalue weighted by Crippen LogP contribution is -2.27. The van der Waals surface area contributed by atoms with E-state index in [2.05, 4.69) is 158 Å². The average molecular weight is 773 g/mol. The molecule has 298 valence electrons. The Balaban J connectivity index is 1.15. The number of ether oxygens (including phenoxy) is 4. The van der Waals surface area contributed by atoms with E-state index in [0.29, 0.717) is 52.6 Å². The van der Waals surface area contributed by atoms with Crippen molar-refractivity contribution in [1.29, 1.82) is 0 Å². The van der Waals surface area contributed by atoms with Gasteiger partial charge in [-0.2, -0.15) is 0 Å². The van der Waals surface area contributed by atoms with Gasteiger partial charge in [-0.15, -0.1) is 0 Å². The first-order valence-electron chi connectivity index (χ1n) is 20.2. The highest BCUT2D eigenvalue weighted by Gasteiger charge is 2.22. The number of hydrogen-bond acceptors (Lipinski definition) is 6. The molecule has 0 saturated carbocycles. The minimum absolute atomic E-state index is 0.138. The summed E-state index contributed by atoms with van der Waals surface area (Å²) < 4.78 is 25.1. The zero-order valence-corrected chi connectivity index (χ0v) is 33.9. The van der Waals surface area contributed by atoms with Crippen molar-refractivity contribution in [3.05, 3.63) is 216 Å². The third-order valence-electron chi connectivity index (χ3n) is 10.4. The minimum Gasteiger partial charge on any atom is -0.490 e. The van der Waals surface area contributed by atoms with Crippen LogP contribution in [0.25, 0.3) is 0 Å². The molecule has 0 aliphatic heterocycles. The summed E-state index contributed by atoms with van der Waals surface area (Å²) in [5.74, 6) is 3.44. The molecule has 0 bridgehead atoms. The molecule has 2 atom stereocenters. The highest BCUT2D eigenvalue weighted by Crippen LogP contribution is 2.32. The molecule has 0 heterocycles. The van der Waals surface area contributed by atoms with Crippen LogP contribution in [0.2, 0.25) is 0 Å². The second kappa shape index (κ2) is 22.0. The zero-order chi connectivity index (χ0) is 40.4. The molecule has 0 aromatic heterocycles. The summed E-state index contributed by atoms with van der Waals surface area (Å²) in [5.41, 5.74) is 6.97. The topological polar surface area (TPSA) is 43.4 Å². The Morgan fingerprint density at radius 1 is 0.397 bits per heavy atom. The SMILES string of the molecule is C=CCOc1ccccc1CN(Cc1ccccc1OCCOc1ccccc1CN(Cc1ccccc1OCC=C)[C@H](C)c1ccccc1)[C@H](C)c1ccccc1. The van der Waals surface area contributed by atoms with E-state index in [1.165, 1.54) is 11.1 Å². The smallest absolute Gasteiger partial charge is 0.124 e. The van der Waals surface area contributed by atoms with E-state index >= 15 is 0 Å². The maximum atomic E-state index is 6.49. The second-order valence-electron chi connectivity index (χ2n) is 14.3. The Morgan fingerprint density at radius 2 is 0.672 bits per heavy atom. The van der Waals surface area contributed by atoms with Gasteiger partial charge in [-0.3, -0.25) is 9.80 Å². The van der Waals surface area contributed by atoms with Gasteiger partial charge in [-0.05, 0) is 49.2 Å². The van der Waals surface area contributed by atoms with Crippen LogP contribution in [-0.4, -0.2) is 36.2 Å². The van der Waals surface area contributed by atoms with Gasteiger partial charge in [0, 0.05) is 60.5 Å². The van der Waals surface area contributed by atoms with Gasteiger partial charge in [0.1, 0.15) is 49.4 Å². The van der Waals surface area contributed by atoms with Crippen molar-refractivity contribution < 1.29 is 18.9 Å². The van der Waals surface area contributed by atoms with Crippen molar-refractivity contribution in [3.63, 3.8) is 0 Å². The molecule has 0 radical (unpaired) electrons. The number of hydrogen-bond donors (Lipinski definition) is 0. The summed E-state index contributed by atoms with van der Waals surface area (Å²) in [6.45, 7) is 16.7. The van der Waals surface area contributed by atoms with Gasteiger partial charge < -0.3 is 18.9 Å². The summed E-state index contributed by atoms with van der Waals surface area (Å²) in [7, 11) is 0. The fourth-order valence-corrected chi connectivity index (χ4v) is 7.12. The maximum absolute atomic E-state index is 6.49. The van der Waals surface area contributed by atoms with E-state index in [-0.39, 0.29) is 12.1 Å². The summed E-state index contributed by atoms with van der Waals surface area (Å²) in [6.07, 6.45) is 3.56. The quantitative estimate of drug-likeness (QED) is 0.0477. The van der Waals surface area contributed by atoms with Gasteiger partial charge in [0.25, 0.3) is 0 Å². The summed E-state index contributed by atoms with van der Waals surface area (Å²) in [6, 6.07) is 54.7. The van der Waals surface area contributed by atoms with Crippen LogP contribution in [0.3, 0.4) is 0 Å². The molecule has 6 aromatic rings. The number of benzene rings is 6. The second-order valence-corrected chi connectivity index (χ2v) is 14.3. The van der Waals surface area contributed by atoms with Crippen molar-refractivity contribution in [2.24, 2.45) is 0 Å². The predicted molar refractivity (Wildman–Crippen MR) is 236 cm³/mol. The van der Waals surface area contributed by atoms with Crippen LogP contribution in [0.5, 0.6) is 23.0 Å². The summed E-state index contributed by atoms with van der Waals surface area (Å²) in [5, 5.41) is 0. The maximum Gasteiger partial charge on any atom is 0.124 e. The normalized spacial score (nSPS) is 12.1. The van der Waals surface area contributed by atoms with Crippen LogP contribution < -0.4 is 18.9 Å². The Hall–Kier alpha value is -6.08. The largest absolute Gasteiger partial charge is 0.490 e. The molecule has 6 heteroatoms. The lowest BCUT2D eigenvalue weighted by Gasteiger charge is -2.31. The van der Waals surface area contributed by atoms with Gasteiger partial charge in [-0.1, -0.05) is 159 Å². The molecule has 6 rings (SSSR count). The van der Waals surface area contributed by atoms with Crippen LogP contribution in [-0.2, 0) is 26.2 Å². The van der Waals surface area contributed by atoms with Crippen LogP contribution in [0.15, 0.2) is 183 Å². The van der Waals surface area contributed by atoms with Crippen LogP contribution in [0, 0.1) is 0 Å². The molecule has 6 aromatic carbocycles. The Morgan fingerprint density at radius 3 is 0.983 bits per heavy atom. The van der Waals surface area contributed by atoms with Crippen LogP contribution in [0.1, 0.15) is 59.3 Å². The van der Waals surface area contributed by atoms with Crippen molar-refractivity contribution in [1.82, 2.24) is 9.80 Å². The first kappa shape index (κ1) is 41.6.